The normalized spacial score (nSPS) is 19.5. The van der Waals surface area contributed by atoms with E-state index in [4.69, 9.17) is 9.47 Å². The topological polar surface area (TPSA) is 152 Å². The molecule has 2 aliphatic heterocycles. The van der Waals surface area contributed by atoms with Crippen LogP contribution in [0.2, 0.25) is 0 Å². The molecule has 3 aromatic rings. The Labute approximate surface area is 221 Å². The summed E-state index contributed by atoms with van der Waals surface area (Å²) < 4.78 is 34.8. The lowest BCUT2D eigenvalue weighted by Crippen LogP contribution is -2.38. The minimum Gasteiger partial charge on any atom is -0.461 e. The van der Waals surface area contributed by atoms with E-state index in [9.17, 15) is 13.2 Å². The first-order chi connectivity index (χ1) is 18.2. The number of hydrogen-bond acceptors (Lipinski definition) is 10. The zero-order chi connectivity index (χ0) is 26.7. The number of aromatic nitrogens is 5. The summed E-state index contributed by atoms with van der Waals surface area (Å²) in [7, 11) is -3.25. The Kier molecular flexibility index (Phi) is 7.75. The molecule has 204 valence electrons. The van der Waals surface area contributed by atoms with Crippen molar-refractivity contribution in [1.29, 1.82) is 0 Å². The number of carbonyl (C=O) groups excluding carboxylic acids is 1. The fourth-order valence-corrected chi connectivity index (χ4v) is 6.06. The highest BCUT2D eigenvalue weighted by Crippen LogP contribution is 2.32. The van der Waals surface area contributed by atoms with Crippen LogP contribution in [0.5, 0.6) is 6.01 Å². The van der Waals surface area contributed by atoms with Crippen molar-refractivity contribution in [3.63, 3.8) is 0 Å². The number of fused-ring (bicyclic) bond motifs is 1. The second-order valence-electron chi connectivity index (χ2n) is 10.1. The SMILES string of the molecule is CC(CS(C)(=O)=O)NC(=O)c1cc(N2CCC(c3[nH]nc4ncccc34)CC2)nc(OC[C@H]2CCCO2)n1. The van der Waals surface area contributed by atoms with Gasteiger partial charge in [0.2, 0.25) is 0 Å². The van der Waals surface area contributed by atoms with E-state index < -0.39 is 21.8 Å². The van der Waals surface area contributed by atoms with Crippen molar-refractivity contribution in [3.8, 4) is 6.01 Å². The highest BCUT2D eigenvalue weighted by Gasteiger charge is 2.27. The summed E-state index contributed by atoms with van der Waals surface area (Å²) in [6.45, 7) is 4.10. The summed E-state index contributed by atoms with van der Waals surface area (Å²) in [5.74, 6) is 0.262. The molecule has 0 aromatic carbocycles. The van der Waals surface area contributed by atoms with Crippen LogP contribution >= 0.6 is 0 Å². The third-order valence-electron chi connectivity index (χ3n) is 6.86. The van der Waals surface area contributed by atoms with Crippen molar-refractivity contribution >= 4 is 32.6 Å². The van der Waals surface area contributed by atoms with Crippen molar-refractivity contribution in [2.24, 2.45) is 0 Å². The summed E-state index contributed by atoms with van der Waals surface area (Å²) in [6.07, 6.45) is 6.48. The zero-order valence-corrected chi connectivity index (χ0v) is 22.4. The molecule has 13 heteroatoms. The van der Waals surface area contributed by atoms with Crippen LogP contribution in [0.1, 0.15) is 54.7 Å². The van der Waals surface area contributed by atoms with Gasteiger partial charge in [-0.15, -0.1) is 0 Å². The van der Waals surface area contributed by atoms with Gasteiger partial charge < -0.3 is 19.7 Å². The van der Waals surface area contributed by atoms with E-state index in [-0.39, 0.29) is 23.6 Å². The van der Waals surface area contributed by atoms with Crippen LogP contribution < -0.4 is 15.0 Å². The Hall–Kier alpha value is -3.32. The van der Waals surface area contributed by atoms with Gasteiger partial charge >= 0.3 is 6.01 Å². The molecule has 1 amide bonds. The number of sulfone groups is 1. The van der Waals surface area contributed by atoms with Gasteiger partial charge in [0.15, 0.2) is 5.65 Å². The number of piperidine rings is 1. The molecule has 2 fully saturated rings. The minimum atomic E-state index is -3.25. The average Bonchev–Trinajstić information content (AvgIpc) is 3.56. The second-order valence-corrected chi connectivity index (χ2v) is 12.3. The Balaban J connectivity index is 1.32. The summed E-state index contributed by atoms with van der Waals surface area (Å²) in [4.78, 5) is 28.4. The number of amides is 1. The maximum Gasteiger partial charge on any atom is 0.319 e. The zero-order valence-electron chi connectivity index (χ0n) is 21.6. The highest BCUT2D eigenvalue weighted by atomic mass is 32.2. The molecule has 2 aliphatic rings. The lowest BCUT2D eigenvalue weighted by molar-refractivity contribution is 0.0643. The van der Waals surface area contributed by atoms with Gasteiger partial charge in [-0.2, -0.15) is 15.1 Å². The van der Waals surface area contributed by atoms with E-state index in [1.165, 1.54) is 0 Å². The van der Waals surface area contributed by atoms with Crippen LogP contribution in [0, 0.1) is 0 Å². The van der Waals surface area contributed by atoms with E-state index >= 15 is 0 Å². The molecule has 0 saturated carbocycles. The fraction of sp³-hybridized carbons (Fsp3) is 0.560. The van der Waals surface area contributed by atoms with E-state index in [1.807, 2.05) is 12.1 Å². The molecule has 5 heterocycles. The quantitative estimate of drug-likeness (QED) is 0.409. The maximum atomic E-state index is 13.0. The first-order valence-electron chi connectivity index (χ1n) is 12.9. The van der Waals surface area contributed by atoms with Gasteiger partial charge in [0.25, 0.3) is 5.91 Å². The molecule has 2 N–H and O–H groups in total. The number of rotatable bonds is 9. The van der Waals surface area contributed by atoms with Crippen LogP contribution in [-0.4, -0.2) is 89.9 Å². The molecule has 0 radical (unpaired) electrons. The van der Waals surface area contributed by atoms with Crippen LogP contribution in [0.3, 0.4) is 0 Å². The molecule has 12 nitrogen and oxygen atoms in total. The van der Waals surface area contributed by atoms with E-state index in [1.54, 1.807) is 19.2 Å². The van der Waals surface area contributed by atoms with E-state index in [0.29, 0.717) is 24.9 Å². The Morgan fingerprint density at radius 3 is 2.84 bits per heavy atom. The molecule has 3 aromatic heterocycles. The summed E-state index contributed by atoms with van der Waals surface area (Å²) in [5.41, 5.74) is 1.94. The second kappa shape index (κ2) is 11.2. The number of nitrogens with zero attached hydrogens (tertiary/aromatic N) is 5. The molecule has 38 heavy (non-hydrogen) atoms. The van der Waals surface area contributed by atoms with Crippen LogP contribution in [0.15, 0.2) is 24.4 Å². The van der Waals surface area contributed by atoms with Crippen molar-refractivity contribution in [1.82, 2.24) is 30.5 Å². The Bertz CT molecular complexity index is 1380. The van der Waals surface area contributed by atoms with Gasteiger partial charge in [-0.25, -0.2) is 13.4 Å². The highest BCUT2D eigenvalue weighted by molar-refractivity contribution is 7.90. The molecule has 0 aliphatic carbocycles. The van der Waals surface area contributed by atoms with E-state index in [0.717, 1.165) is 61.8 Å². The number of hydrogen-bond donors (Lipinski definition) is 2. The Morgan fingerprint density at radius 1 is 1.29 bits per heavy atom. The van der Waals surface area contributed by atoms with Crippen molar-refractivity contribution in [2.45, 2.75) is 50.7 Å². The number of ether oxygens (including phenoxy) is 2. The van der Waals surface area contributed by atoms with Crippen molar-refractivity contribution in [3.05, 3.63) is 35.8 Å². The van der Waals surface area contributed by atoms with Gasteiger partial charge in [0.05, 0.1) is 11.9 Å². The molecule has 2 atom stereocenters. The molecule has 5 rings (SSSR count). The molecule has 1 unspecified atom stereocenters. The lowest BCUT2D eigenvalue weighted by atomic mass is 9.92. The van der Waals surface area contributed by atoms with Crippen LogP contribution in [-0.2, 0) is 14.6 Å². The summed E-state index contributed by atoms with van der Waals surface area (Å²) >= 11 is 0. The largest absolute Gasteiger partial charge is 0.461 e. The smallest absolute Gasteiger partial charge is 0.319 e. The monoisotopic (exact) mass is 543 g/mol. The van der Waals surface area contributed by atoms with Gasteiger partial charge in [-0.05, 0) is 44.7 Å². The molecular weight excluding hydrogens is 510 g/mol. The van der Waals surface area contributed by atoms with Crippen LogP contribution in [0.25, 0.3) is 11.0 Å². The lowest BCUT2D eigenvalue weighted by Gasteiger charge is -2.32. The molecule has 2 saturated heterocycles. The first-order valence-corrected chi connectivity index (χ1v) is 15.0. The van der Waals surface area contributed by atoms with Gasteiger partial charge in [-0.1, -0.05) is 0 Å². The minimum absolute atomic E-state index is 0.0243. The van der Waals surface area contributed by atoms with Crippen LogP contribution in [0.4, 0.5) is 5.82 Å². The summed E-state index contributed by atoms with van der Waals surface area (Å²) in [5, 5.41) is 11.3. The van der Waals surface area contributed by atoms with Gasteiger partial charge in [-0.3, -0.25) is 9.89 Å². The number of anilines is 1. The summed E-state index contributed by atoms with van der Waals surface area (Å²) in [6, 6.07) is 5.12. The fourth-order valence-electron chi connectivity index (χ4n) is 5.07. The Morgan fingerprint density at radius 2 is 2.11 bits per heavy atom. The molecule has 0 spiro atoms. The van der Waals surface area contributed by atoms with Crippen molar-refractivity contribution in [2.75, 3.05) is 43.2 Å². The third kappa shape index (κ3) is 6.38. The van der Waals surface area contributed by atoms with Crippen molar-refractivity contribution < 1.29 is 22.7 Å². The predicted molar refractivity (Wildman–Crippen MR) is 141 cm³/mol. The number of aromatic amines is 1. The standard InChI is InChI=1S/C25H33N7O5S/c1-16(15-38(2,34)35)27-24(33)20-13-21(29-25(28-20)37-14-18-5-4-12-36-18)32-10-7-17(8-11-32)22-19-6-3-9-26-23(19)31-30-22/h3,6,9,13,16-18H,4-5,7-8,10-12,14-15H2,1-2H3,(H,27,33)(H,26,30,31)/t16?,18-/m1/s1. The van der Waals surface area contributed by atoms with E-state index in [2.05, 4.69) is 35.4 Å². The molecule has 0 bridgehead atoms. The number of H-pyrrole nitrogens is 1. The number of carbonyl (C=O) groups is 1. The maximum absolute atomic E-state index is 13.0. The third-order valence-corrected chi connectivity index (χ3v) is 7.97. The van der Waals surface area contributed by atoms with Gasteiger partial charge in [0.1, 0.15) is 28.0 Å². The number of nitrogens with one attached hydrogen (secondary N) is 2. The molecular formula is C25H33N7O5S. The number of pyridine rings is 1. The van der Waals surface area contributed by atoms with Gasteiger partial charge in [0, 0.05) is 61.3 Å². The predicted octanol–water partition coefficient (Wildman–Crippen LogP) is 1.85. The average molecular weight is 544 g/mol. The first kappa shape index (κ1) is 26.3.